The summed E-state index contributed by atoms with van der Waals surface area (Å²) in [5.74, 6) is 0.0842. The summed E-state index contributed by atoms with van der Waals surface area (Å²) in [7, 11) is 0. The van der Waals surface area contributed by atoms with Crippen LogP contribution in [-0.4, -0.2) is 23.5 Å². The maximum Gasteiger partial charge on any atom is 0.224 e. The number of rotatable bonds is 5. The third-order valence-electron chi connectivity index (χ3n) is 3.62. The van der Waals surface area contributed by atoms with E-state index in [1.165, 1.54) is 19.3 Å². The number of carbonyl (C=O) groups is 1. The maximum absolute atomic E-state index is 11.9. The van der Waals surface area contributed by atoms with Gasteiger partial charge in [0.15, 0.2) is 0 Å². The Morgan fingerprint density at radius 1 is 1.50 bits per heavy atom. The second kappa shape index (κ2) is 5.65. The molecule has 1 aromatic rings. The van der Waals surface area contributed by atoms with Crippen LogP contribution >= 0.6 is 11.8 Å². The molecule has 98 valence electrons. The van der Waals surface area contributed by atoms with E-state index in [0.29, 0.717) is 16.9 Å². The molecule has 0 heterocycles. The standard InChI is InChI=1S/C14H20N2OS/c1-18-14(6-3-7-14)10-16-13(17)9-11-4-2-5-12(15)8-11/h2,4-5,8H,3,6-7,9-10,15H2,1H3,(H,16,17). The zero-order chi connectivity index (χ0) is 13.0. The molecule has 0 aliphatic heterocycles. The fraction of sp³-hybridized carbons (Fsp3) is 0.500. The number of carbonyl (C=O) groups excluding carboxylic acids is 1. The van der Waals surface area contributed by atoms with Crippen LogP contribution in [0.1, 0.15) is 24.8 Å². The van der Waals surface area contributed by atoms with Crippen LogP contribution in [0.4, 0.5) is 5.69 Å². The molecule has 1 aliphatic rings. The van der Waals surface area contributed by atoms with Gasteiger partial charge in [0, 0.05) is 17.0 Å². The number of anilines is 1. The summed E-state index contributed by atoms with van der Waals surface area (Å²) >= 11 is 1.88. The van der Waals surface area contributed by atoms with E-state index in [2.05, 4.69) is 11.6 Å². The number of nitrogen functional groups attached to an aromatic ring is 1. The molecule has 2 rings (SSSR count). The molecular weight excluding hydrogens is 244 g/mol. The lowest BCUT2D eigenvalue weighted by atomic mass is 9.84. The van der Waals surface area contributed by atoms with Gasteiger partial charge >= 0.3 is 0 Å². The van der Waals surface area contributed by atoms with E-state index in [1.807, 2.05) is 36.0 Å². The Hall–Kier alpha value is -1.16. The van der Waals surface area contributed by atoms with Crippen molar-refractivity contribution in [1.29, 1.82) is 0 Å². The first kappa shape index (κ1) is 13.3. The molecule has 1 aliphatic carbocycles. The highest BCUT2D eigenvalue weighted by Crippen LogP contribution is 2.42. The van der Waals surface area contributed by atoms with Gasteiger partial charge in [0.05, 0.1) is 6.42 Å². The van der Waals surface area contributed by atoms with Crippen LogP contribution < -0.4 is 11.1 Å². The van der Waals surface area contributed by atoms with E-state index in [9.17, 15) is 4.79 Å². The zero-order valence-corrected chi connectivity index (χ0v) is 11.6. The van der Waals surface area contributed by atoms with E-state index >= 15 is 0 Å². The van der Waals surface area contributed by atoms with Crippen molar-refractivity contribution in [1.82, 2.24) is 5.32 Å². The molecule has 0 saturated heterocycles. The molecule has 0 aromatic heterocycles. The van der Waals surface area contributed by atoms with Gasteiger partial charge in [-0.3, -0.25) is 4.79 Å². The summed E-state index contributed by atoms with van der Waals surface area (Å²) < 4.78 is 0.297. The van der Waals surface area contributed by atoms with Crippen molar-refractivity contribution in [2.75, 3.05) is 18.5 Å². The van der Waals surface area contributed by atoms with Crippen LogP contribution in [0.2, 0.25) is 0 Å². The third-order valence-corrected chi connectivity index (χ3v) is 5.04. The first-order chi connectivity index (χ1) is 8.63. The maximum atomic E-state index is 11.9. The molecular formula is C14H20N2OS. The lowest BCUT2D eigenvalue weighted by molar-refractivity contribution is -0.120. The molecule has 1 aromatic carbocycles. The average molecular weight is 264 g/mol. The molecule has 0 unspecified atom stereocenters. The van der Waals surface area contributed by atoms with Gasteiger partial charge in [0.2, 0.25) is 5.91 Å². The minimum atomic E-state index is 0.0842. The van der Waals surface area contributed by atoms with Gasteiger partial charge in [-0.2, -0.15) is 11.8 Å². The highest BCUT2D eigenvalue weighted by Gasteiger charge is 2.36. The quantitative estimate of drug-likeness (QED) is 0.802. The largest absolute Gasteiger partial charge is 0.399 e. The molecule has 3 N–H and O–H groups in total. The van der Waals surface area contributed by atoms with Gasteiger partial charge in [-0.05, 0) is 36.8 Å². The molecule has 0 atom stereocenters. The van der Waals surface area contributed by atoms with E-state index in [-0.39, 0.29) is 5.91 Å². The highest BCUT2D eigenvalue weighted by molar-refractivity contribution is 8.00. The van der Waals surface area contributed by atoms with Gasteiger partial charge in [0.1, 0.15) is 0 Å². The number of nitrogens with two attached hydrogens (primary N) is 1. The van der Waals surface area contributed by atoms with Crippen molar-refractivity contribution in [3.05, 3.63) is 29.8 Å². The smallest absolute Gasteiger partial charge is 0.224 e. The van der Waals surface area contributed by atoms with Crippen LogP contribution in [0, 0.1) is 0 Å². The van der Waals surface area contributed by atoms with Crippen molar-refractivity contribution in [3.8, 4) is 0 Å². The summed E-state index contributed by atoms with van der Waals surface area (Å²) in [4.78, 5) is 11.9. The molecule has 0 radical (unpaired) electrons. The summed E-state index contributed by atoms with van der Waals surface area (Å²) in [5, 5.41) is 3.04. The number of benzene rings is 1. The Kier molecular flexibility index (Phi) is 4.17. The SMILES string of the molecule is CSC1(CNC(=O)Cc2cccc(N)c2)CCC1. The molecule has 0 bridgehead atoms. The second-order valence-electron chi connectivity index (χ2n) is 4.94. The van der Waals surface area contributed by atoms with Gasteiger partial charge in [-0.15, -0.1) is 0 Å². The van der Waals surface area contributed by atoms with Crippen LogP contribution in [0.5, 0.6) is 0 Å². The predicted octanol–water partition coefficient (Wildman–Crippen LogP) is 2.21. The number of thioether (sulfide) groups is 1. The third kappa shape index (κ3) is 3.19. The lowest BCUT2D eigenvalue weighted by Gasteiger charge is -2.40. The fourth-order valence-electron chi connectivity index (χ4n) is 2.23. The van der Waals surface area contributed by atoms with Crippen LogP contribution in [0.15, 0.2) is 24.3 Å². The number of nitrogens with one attached hydrogen (secondary N) is 1. The molecule has 1 amide bonds. The van der Waals surface area contributed by atoms with Gasteiger partial charge in [-0.1, -0.05) is 18.6 Å². The Morgan fingerprint density at radius 2 is 2.28 bits per heavy atom. The molecule has 0 spiro atoms. The predicted molar refractivity (Wildman–Crippen MR) is 77.7 cm³/mol. The van der Waals surface area contributed by atoms with E-state index in [1.54, 1.807) is 0 Å². The minimum absolute atomic E-state index is 0.0842. The fourth-order valence-corrected chi connectivity index (χ4v) is 3.15. The first-order valence-electron chi connectivity index (χ1n) is 6.30. The summed E-state index contributed by atoms with van der Waals surface area (Å²) in [6.45, 7) is 0.787. The summed E-state index contributed by atoms with van der Waals surface area (Å²) in [5.41, 5.74) is 7.37. The normalized spacial score (nSPS) is 16.9. The topological polar surface area (TPSA) is 55.1 Å². The number of hydrogen-bond donors (Lipinski definition) is 2. The van der Waals surface area contributed by atoms with E-state index in [4.69, 9.17) is 5.73 Å². The van der Waals surface area contributed by atoms with Crippen molar-refractivity contribution in [2.45, 2.75) is 30.4 Å². The molecule has 1 saturated carbocycles. The number of hydrogen-bond acceptors (Lipinski definition) is 3. The van der Waals surface area contributed by atoms with Gasteiger partial charge in [0.25, 0.3) is 0 Å². The van der Waals surface area contributed by atoms with E-state index in [0.717, 1.165) is 12.1 Å². The Bertz CT molecular complexity index is 424. The molecule has 4 heteroatoms. The first-order valence-corrected chi connectivity index (χ1v) is 7.52. The van der Waals surface area contributed by atoms with Crippen molar-refractivity contribution >= 4 is 23.4 Å². The lowest BCUT2D eigenvalue weighted by Crippen LogP contribution is -2.45. The van der Waals surface area contributed by atoms with E-state index < -0.39 is 0 Å². The van der Waals surface area contributed by atoms with Crippen LogP contribution in [0.25, 0.3) is 0 Å². The van der Waals surface area contributed by atoms with Crippen LogP contribution in [0.3, 0.4) is 0 Å². The summed E-state index contributed by atoms with van der Waals surface area (Å²) in [6, 6.07) is 7.50. The van der Waals surface area contributed by atoms with Crippen molar-refractivity contribution in [3.63, 3.8) is 0 Å². The molecule has 18 heavy (non-hydrogen) atoms. The van der Waals surface area contributed by atoms with Crippen LogP contribution in [-0.2, 0) is 11.2 Å². The number of amides is 1. The van der Waals surface area contributed by atoms with Crippen molar-refractivity contribution < 1.29 is 4.79 Å². The Morgan fingerprint density at radius 3 is 2.83 bits per heavy atom. The highest BCUT2D eigenvalue weighted by atomic mass is 32.2. The van der Waals surface area contributed by atoms with Gasteiger partial charge < -0.3 is 11.1 Å². The summed E-state index contributed by atoms with van der Waals surface area (Å²) in [6.07, 6.45) is 6.25. The second-order valence-corrected chi connectivity index (χ2v) is 6.21. The minimum Gasteiger partial charge on any atom is -0.399 e. The van der Waals surface area contributed by atoms with Crippen molar-refractivity contribution in [2.24, 2.45) is 0 Å². The molecule has 1 fully saturated rings. The zero-order valence-electron chi connectivity index (χ0n) is 10.7. The Labute approximate surface area is 113 Å². The molecule has 3 nitrogen and oxygen atoms in total. The van der Waals surface area contributed by atoms with Gasteiger partial charge in [-0.25, -0.2) is 0 Å². The average Bonchev–Trinajstić information content (AvgIpc) is 2.28. The Balaban J connectivity index is 1.82. The monoisotopic (exact) mass is 264 g/mol.